The van der Waals surface area contributed by atoms with Gasteiger partial charge in [0.2, 0.25) is 5.91 Å². The lowest BCUT2D eigenvalue weighted by atomic mass is 10.1. The molecule has 0 radical (unpaired) electrons. The van der Waals surface area contributed by atoms with Gasteiger partial charge in [0.25, 0.3) is 0 Å². The second-order valence-electron chi connectivity index (χ2n) is 7.34. The normalized spacial score (nSPS) is 23.3. The van der Waals surface area contributed by atoms with Crippen LogP contribution in [0.25, 0.3) is 11.3 Å². The van der Waals surface area contributed by atoms with Crippen molar-refractivity contribution in [2.45, 2.75) is 39.4 Å². The lowest BCUT2D eigenvalue weighted by Gasteiger charge is -2.35. The Bertz CT molecular complexity index is 809. The summed E-state index contributed by atoms with van der Waals surface area (Å²) in [4.78, 5) is 21.6. The number of amides is 1. The van der Waals surface area contributed by atoms with Gasteiger partial charge in [-0.2, -0.15) is 0 Å². The van der Waals surface area contributed by atoms with Crippen LogP contribution in [-0.4, -0.2) is 54.2 Å². The van der Waals surface area contributed by atoms with Crippen LogP contribution in [0.5, 0.6) is 0 Å². The van der Waals surface area contributed by atoms with Crippen molar-refractivity contribution < 1.29 is 9.53 Å². The maximum atomic E-state index is 12.9. The molecule has 5 nitrogen and oxygen atoms in total. The highest BCUT2D eigenvalue weighted by Crippen LogP contribution is 2.33. The van der Waals surface area contributed by atoms with Crippen molar-refractivity contribution in [3.8, 4) is 11.3 Å². The topological polar surface area (TPSA) is 45.7 Å². The van der Waals surface area contributed by atoms with E-state index in [0.29, 0.717) is 6.54 Å². The number of hydrogen-bond donors (Lipinski definition) is 0. The van der Waals surface area contributed by atoms with Crippen LogP contribution in [0.4, 0.5) is 5.69 Å². The van der Waals surface area contributed by atoms with Crippen LogP contribution in [0.15, 0.2) is 23.6 Å². The maximum Gasteiger partial charge on any atom is 0.241 e. The molecule has 0 spiro atoms. The van der Waals surface area contributed by atoms with Crippen LogP contribution in [0.3, 0.4) is 0 Å². The first-order chi connectivity index (χ1) is 12.5. The summed E-state index contributed by atoms with van der Waals surface area (Å²) in [5.74, 6) is 0.183. The molecule has 2 aliphatic rings. The summed E-state index contributed by atoms with van der Waals surface area (Å²) in [5, 5.41) is 3.17. The van der Waals surface area contributed by atoms with Gasteiger partial charge in [-0.3, -0.25) is 9.69 Å². The van der Waals surface area contributed by atoms with Crippen molar-refractivity contribution in [1.29, 1.82) is 0 Å². The van der Waals surface area contributed by atoms with Gasteiger partial charge in [0.05, 0.1) is 29.5 Å². The van der Waals surface area contributed by atoms with Crippen molar-refractivity contribution in [2.24, 2.45) is 0 Å². The molecule has 1 fully saturated rings. The second-order valence-corrected chi connectivity index (χ2v) is 8.40. The minimum Gasteiger partial charge on any atom is -0.373 e. The van der Waals surface area contributed by atoms with E-state index in [4.69, 9.17) is 4.74 Å². The number of carbonyl (C=O) groups is 1. The number of benzene rings is 1. The second kappa shape index (κ2) is 7.10. The molecule has 26 heavy (non-hydrogen) atoms. The van der Waals surface area contributed by atoms with E-state index in [1.165, 1.54) is 5.56 Å². The van der Waals surface area contributed by atoms with Crippen LogP contribution < -0.4 is 4.90 Å². The van der Waals surface area contributed by atoms with Gasteiger partial charge in [0.1, 0.15) is 0 Å². The number of fused-ring (bicyclic) bond motifs is 1. The third kappa shape index (κ3) is 3.54. The Hall–Kier alpha value is -1.76. The summed E-state index contributed by atoms with van der Waals surface area (Å²) in [7, 11) is 0. The van der Waals surface area contributed by atoms with E-state index in [-0.39, 0.29) is 18.1 Å². The van der Waals surface area contributed by atoms with Gasteiger partial charge in [-0.25, -0.2) is 4.98 Å². The number of ether oxygens (including phenoxy) is 1. The average Bonchev–Trinajstić information content (AvgIpc) is 3.19. The monoisotopic (exact) mass is 371 g/mol. The highest BCUT2D eigenvalue weighted by atomic mass is 32.1. The predicted octanol–water partition coefficient (Wildman–Crippen LogP) is 3.12. The molecule has 0 N–H and O–H groups in total. The third-order valence-corrected chi connectivity index (χ3v) is 5.82. The van der Waals surface area contributed by atoms with Crippen LogP contribution in [-0.2, 0) is 16.0 Å². The molecule has 0 bridgehead atoms. The van der Waals surface area contributed by atoms with Crippen molar-refractivity contribution in [3.63, 3.8) is 0 Å². The average molecular weight is 372 g/mol. The van der Waals surface area contributed by atoms with Gasteiger partial charge in [-0.05, 0) is 44.9 Å². The highest BCUT2D eigenvalue weighted by Gasteiger charge is 2.29. The molecule has 0 aliphatic carbocycles. The van der Waals surface area contributed by atoms with E-state index in [2.05, 4.69) is 47.3 Å². The summed E-state index contributed by atoms with van der Waals surface area (Å²) in [6.07, 6.45) is 1.27. The molecule has 3 heterocycles. The minimum absolute atomic E-state index is 0.182. The molecule has 0 saturated carbocycles. The number of carbonyl (C=O) groups excluding carboxylic acids is 1. The fourth-order valence-corrected chi connectivity index (χ4v) is 4.63. The molecule has 138 valence electrons. The lowest BCUT2D eigenvalue weighted by molar-refractivity contribution is -0.123. The molecule has 2 aromatic rings. The molecule has 2 atom stereocenters. The lowest BCUT2D eigenvalue weighted by Crippen LogP contribution is -2.49. The molecular formula is C20H25N3O2S. The Morgan fingerprint density at radius 1 is 1.31 bits per heavy atom. The summed E-state index contributed by atoms with van der Waals surface area (Å²) >= 11 is 1.67. The smallest absolute Gasteiger partial charge is 0.241 e. The van der Waals surface area contributed by atoms with Gasteiger partial charge in [-0.1, -0.05) is 6.07 Å². The Kier molecular flexibility index (Phi) is 4.82. The van der Waals surface area contributed by atoms with E-state index in [0.717, 1.165) is 48.0 Å². The molecular weight excluding hydrogens is 346 g/mol. The molecule has 1 amide bonds. The number of morpholine rings is 1. The first-order valence-corrected chi connectivity index (χ1v) is 10.1. The van der Waals surface area contributed by atoms with Crippen molar-refractivity contribution in [1.82, 2.24) is 9.88 Å². The molecule has 2 aliphatic heterocycles. The predicted molar refractivity (Wildman–Crippen MR) is 105 cm³/mol. The van der Waals surface area contributed by atoms with Crippen LogP contribution >= 0.6 is 11.3 Å². The summed E-state index contributed by atoms with van der Waals surface area (Å²) in [6, 6.07) is 6.35. The van der Waals surface area contributed by atoms with Crippen LogP contribution in [0.2, 0.25) is 0 Å². The number of aromatic nitrogens is 1. The zero-order valence-corrected chi connectivity index (χ0v) is 16.4. The van der Waals surface area contributed by atoms with Gasteiger partial charge in [-0.15, -0.1) is 11.3 Å². The molecule has 1 saturated heterocycles. The fraction of sp³-hybridized carbons (Fsp3) is 0.500. The third-order valence-electron chi connectivity index (χ3n) is 5.04. The fourth-order valence-electron chi connectivity index (χ4n) is 4.01. The van der Waals surface area contributed by atoms with E-state index in [9.17, 15) is 4.79 Å². The van der Waals surface area contributed by atoms with E-state index in [1.807, 2.05) is 11.8 Å². The van der Waals surface area contributed by atoms with Gasteiger partial charge in [0.15, 0.2) is 0 Å². The highest BCUT2D eigenvalue weighted by molar-refractivity contribution is 7.09. The molecule has 1 aromatic heterocycles. The Morgan fingerprint density at radius 2 is 2.08 bits per heavy atom. The number of hydrogen-bond acceptors (Lipinski definition) is 5. The summed E-state index contributed by atoms with van der Waals surface area (Å²) in [5.41, 5.74) is 4.46. The minimum atomic E-state index is 0.182. The number of aryl methyl sites for hydroxylation is 1. The van der Waals surface area contributed by atoms with E-state index < -0.39 is 0 Å². The Labute approximate surface area is 158 Å². The standard InChI is InChI=1S/C20H25N3O2S/c1-13-9-22(10-14(2)25-13)11-20(24)23-7-6-17-8-16(4-5-19(17)23)18-12-26-15(3)21-18/h4-5,8,12-14H,6-7,9-11H2,1-3H3. The number of nitrogens with zero attached hydrogens (tertiary/aromatic N) is 3. The maximum absolute atomic E-state index is 12.9. The number of rotatable bonds is 3. The summed E-state index contributed by atoms with van der Waals surface area (Å²) < 4.78 is 5.76. The Balaban J connectivity index is 1.48. The van der Waals surface area contributed by atoms with Crippen molar-refractivity contribution in [2.75, 3.05) is 31.1 Å². The van der Waals surface area contributed by atoms with E-state index in [1.54, 1.807) is 11.3 Å². The molecule has 6 heteroatoms. The zero-order chi connectivity index (χ0) is 18.3. The molecule has 4 rings (SSSR count). The van der Waals surface area contributed by atoms with Crippen molar-refractivity contribution >= 4 is 22.9 Å². The van der Waals surface area contributed by atoms with Gasteiger partial charge >= 0.3 is 0 Å². The largest absolute Gasteiger partial charge is 0.373 e. The quantitative estimate of drug-likeness (QED) is 0.832. The van der Waals surface area contributed by atoms with Gasteiger partial charge in [0, 0.05) is 36.3 Å². The van der Waals surface area contributed by atoms with Gasteiger partial charge < -0.3 is 9.64 Å². The SMILES string of the molecule is Cc1nc(-c2ccc3c(c2)CCN3C(=O)CN2CC(C)OC(C)C2)cs1. The Morgan fingerprint density at radius 3 is 2.77 bits per heavy atom. The summed E-state index contributed by atoms with van der Waals surface area (Å²) in [6.45, 7) is 9.03. The molecule has 2 unspecified atom stereocenters. The van der Waals surface area contributed by atoms with Crippen molar-refractivity contribution in [3.05, 3.63) is 34.2 Å². The number of anilines is 1. The first-order valence-electron chi connectivity index (χ1n) is 9.23. The van der Waals surface area contributed by atoms with Crippen LogP contribution in [0.1, 0.15) is 24.4 Å². The molecule has 1 aromatic carbocycles. The van der Waals surface area contributed by atoms with Crippen LogP contribution in [0, 0.1) is 6.92 Å². The number of thiazole rings is 1. The van der Waals surface area contributed by atoms with E-state index >= 15 is 0 Å². The first kappa shape index (κ1) is 17.6. The zero-order valence-electron chi connectivity index (χ0n) is 15.6.